The summed E-state index contributed by atoms with van der Waals surface area (Å²) in [4.78, 5) is 8.97. The molecule has 0 spiro atoms. The lowest BCUT2D eigenvalue weighted by Gasteiger charge is -2.09. The Morgan fingerprint density at radius 1 is 0.600 bits per heavy atom. The summed E-state index contributed by atoms with van der Waals surface area (Å²) < 4.78 is 11.3. The van der Waals surface area contributed by atoms with Crippen LogP contribution in [-0.4, -0.2) is 35.9 Å². The standard InChI is InChI=1S/C24H20N2O4/c27-23-17-7-5-11-21(23)29-13-3-4-14-30-22-12-6-8-18(24(22)28)16-26-20-10-2-1-9-19(20)25-15-17/h1-12,15-16,27-28H,13-14H2. The van der Waals surface area contributed by atoms with Crippen molar-refractivity contribution >= 4 is 23.8 Å². The van der Waals surface area contributed by atoms with Crippen LogP contribution in [0.5, 0.6) is 23.0 Å². The van der Waals surface area contributed by atoms with Gasteiger partial charge in [-0.1, -0.05) is 24.3 Å². The molecule has 0 saturated carbocycles. The molecule has 0 amide bonds. The number of hydrogen-bond donors (Lipinski definition) is 2. The van der Waals surface area contributed by atoms with E-state index in [9.17, 15) is 10.2 Å². The monoisotopic (exact) mass is 400 g/mol. The third kappa shape index (κ3) is 4.33. The van der Waals surface area contributed by atoms with E-state index in [2.05, 4.69) is 9.98 Å². The Bertz CT molecular complexity index is 1050. The third-order valence-corrected chi connectivity index (χ3v) is 4.46. The summed E-state index contributed by atoms with van der Waals surface area (Å²) in [6.07, 6.45) is 6.70. The molecular formula is C24H20N2O4. The molecule has 3 aromatic carbocycles. The minimum atomic E-state index is 0.0212. The highest BCUT2D eigenvalue weighted by molar-refractivity contribution is 5.90. The molecule has 6 heteroatoms. The van der Waals surface area contributed by atoms with Gasteiger partial charge < -0.3 is 19.7 Å². The van der Waals surface area contributed by atoms with Crippen LogP contribution in [0.15, 0.2) is 82.8 Å². The van der Waals surface area contributed by atoms with Gasteiger partial charge in [0.25, 0.3) is 0 Å². The fraction of sp³-hybridized carbons (Fsp3) is 0.0833. The zero-order valence-electron chi connectivity index (χ0n) is 16.1. The zero-order valence-corrected chi connectivity index (χ0v) is 16.1. The van der Waals surface area contributed by atoms with E-state index < -0.39 is 0 Å². The number of para-hydroxylation sites is 4. The lowest BCUT2D eigenvalue weighted by Crippen LogP contribution is -1.98. The molecule has 0 radical (unpaired) electrons. The molecule has 0 saturated heterocycles. The highest BCUT2D eigenvalue weighted by Crippen LogP contribution is 2.32. The quantitative estimate of drug-likeness (QED) is 0.524. The molecule has 0 unspecified atom stereocenters. The minimum Gasteiger partial charge on any atom is -0.504 e. The fourth-order valence-electron chi connectivity index (χ4n) is 2.89. The molecule has 2 N–H and O–H groups in total. The van der Waals surface area contributed by atoms with Gasteiger partial charge in [-0.25, -0.2) is 0 Å². The van der Waals surface area contributed by atoms with Gasteiger partial charge in [0, 0.05) is 23.6 Å². The first-order chi connectivity index (χ1) is 14.7. The van der Waals surface area contributed by atoms with Gasteiger partial charge in [0.05, 0.1) is 11.4 Å². The van der Waals surface area contributed by atoms with Crippen molar-refractivity contribution in [2.24, 2.45) is 9.98 Å². The molecule has 150 valence electrons. The maximum Gasteiger partial charge on any atom is 0.166 e. The Hall–Kier alpha value is -4.06. The number of phenols is 2. The van der Waals surface area contributed by atoms with Crippen molar-refractivity contribution in [3.63, 3.8) is 0 Å². The maximum absolute atomic E-state index is 10.5. The molecule has 30 heavy (non-hydrogen) atoms. The van der Waals surface area contributed by atoms with Crippen molar-refractivity contribution in [3.05, 3.63) is 83.9 Å². The number of aliphatic imine (C=N–C) groups is 2. The van der Waals surface area contributed by atoms with Crippen LogP contribution in [-0.2, 0) is 0 Å². The predicted octanol–water partition coefficient (Wildman–Crippen LogP) is 4.93. The number of fused-ring (bicyclic) bond motifs is 5. The van der Waals surface area contributed by atoms with E-state index in [1.807, 2.05) is 24.3 Å². The first-order valence-electron chi connectivity index (χ1n) is 9.44. The van der Waals surface area contributed by atoms with Crippen LogP contribution in [0, 0.1) is 0 Å². The van der Waals surface area contributed by atoms with Gasteiger partial charge in [0.1, 0.15) is 13.2 Å². The topological polar surface area (TPSA) is 83.6 Å². The third-order valence-electron chi connectivity index (χ3n) is 4.46. The van der Waals surface area contributed by atoms with Crippen molar-refractivity contribution in [1.29, 1.82) is 0 Å². The number of phenolic OH excluding ortho intramolecular Hbond substituents is 2. The summed E-state index contributed by atoms with van der Waals surface area (Å²) in [6.45, 7) is 0.526. The Balaban J connectivity index is 1.76. The normalized spacial score (nSPS) is 13.5. The first kappa shape index (κ1) is 19.3. The van der Waals surface area contributed by atoms with Crippen LogP contribution in [0.1, 0.15) is 11.1 Å². The molecule has 4 bridgehead atoms. The highest BCUT2D eigenvalue weighted by atomic mass is 16.5. The van der Waals surface area contributed by atoms with Gasteiger partial charge in [-0.05, 0) is 48.6 Å². The molecule has 0 fully saturated rings. The molecule has 0 aromatic heterocycles. The lowest BCUT2D eigenvalue weighted by molar-refractivity contribution is 0.326. The van der Waals surface area contributed by atoms with Crippen molar-refractivity contribution in [3.8, 4) is 23.0 Å². The van der Waals surface area contributed by atoms with E-state index in [4.69, 9.17) is 9.47 Å². The summed E-state index contributed by atoms with van der Waals surface area (Å²) in [5, 5.41) is 21.0. The number of ether oxygens (including phenoxy) is 2. The summed E-state index contributed by atoms with van der Waals surface area (Å²) in [6, 6.07) is 17.8. The van der Waals surface area contributed by atoms with E-state index in [-0.39, 0.29) is 24.7 Å². The van der Waals surface area contributed by atoms with Gasteiger partial charge in [-0.15, -0.1) is 0 Å². The second-order valence-corrected chi connectivity index (χ2v) is 6.49. The Morgan fingerprint density at radius 2 is 1.07 bits per heavy atom. The van der Waals surface area contributed by atoms with Crippen LogP contribution in [0.4, 0.5) is 11.4 Å². The Kier molecular flexibility index (Phi) is 5.75. The van der Waals surface area contributed by atoms with Crippen LogP contribution < -0.4 is 9.47 Å². The number of rotatable bonds is 0. The zero-order chi connectivity index (χ0) is 20.8. The number of nitrogens with zero attached hydrogens (tertiary/aromatic N) is 2. The highest BCUT2D eigenvalue weighted by Gasteiger charge is 2.08. The number of benzene rings is 3. The molecule has 4 rings (SSSR count). The fourth-order valence-corrected chi connectivity index (χ4v) is 2.89. The van der Waals surface area contributed by atoms with Crippen molar-refractivity contribution in [2.45, 2.75) is 0 Å². The average molecular weight is 400 g/mol. The van der Waals surface area contributed by atoms with Crippen LogP contribution in [0.3, 0.4) is 0 Å². The molecule has 1 aliphatic heterocycles. The molecule has 3 aromatic rings. The lowest BCUT2D eigenvalue weighted by atomic mass is 10.2. The predicted molar refractivity (Wildman–Crippen MR) is 117 cm³/mol. The first-order valence-corrected chi connectivity index (χ1v) is 9.44. The van der Waals surface area contributed by atoms with E-state index in [1.54, 1.807) is 61.0 Å². The molecule has 1 aliphatic rings. The summed E-state index contributed by atoms with van der Waals surface area (Å²) in [5.74, 6) is 0.769. The summed E-state index contributed by atoms with van der Waals surface area (Å²) in [5.41, 5.74) is 2.31. The van der Waals surface area contributed by atoms with Crippen LogP contribution in [0.25, 0.3) is 0 Å². The van der Waals surface area contributed by atoms with Gasteiger partial charge in [-0.2, -0.15) is 0 Å². The second kappa shape index (κ2) is 8.96. The number of hydrogen-bond acceptors (Lipinski definition) is 6. The molecule has 1 heterocycles. The van der Waals surface area contributed by atoms with E-state index in [0.717, 1.165) is 0 Å². The van der Waals surface area contributed by atoms with E-state index in [0.29, 0.717) is 34.0 Å². The van der Waals surface area contributed by atoms with Gasteiger partial charge in [0.2, 0.25) is 0 Å². The van der Waals surface area contributed by atoms with Crippen molar-refractivity contribution in [1.82, 2.24) is 0 Å². The van der Waals surface area contributed by atoms with Crippen molar-refractivity contribution < 1.29 is 19.7 Å². The molecular weight excluding hydrogens is 380 g/mol. The summed E-state index contributed by atoms with van der Waals surface area (Å²) in [7, 11) is 0. The minimum absolute atomic E-state index is 0.0212. The van der Waals surface area contributed by atoms with Crippen LogP contribution in [0.2, 0.25) is 0 Å². The van der Waals surface area contributed by atoms with E-state index >= 15 is 0 Å². The SMILES string of the molecule is Oc1c2cccc1OCC=CCOc1cccc(c1O)C=Nc1ccccc1N=C2. The Morgan fingerprint density at radius 3 is 1.53 bits per heavy atom. The molecule has 0 atom stereocenters. The largest absolute Gasteiger partial charge is 0.504 e. The van der Waals surface area contributed by atoms with Crippen LogP contribution >= 0.6 is 0 Å². The second-order valence-electron chi connectivity index (χ2n) is 6.49. The van der Waals surface area contributed by atoms with Gasteiger partial charge >= 0.3 is 0 Å². The van der Waals surface area contributed by atoms with Gasteiger partial charge in [-0.3, -0.25) is 9.98 Å². The number of aromatic hydroxyl groups is 2. The van der Waals surface area contributed by atoms with E-state index in [1.165, 1.54) is 0 Å². The molecule has 0 aliphatic carbocycles. The Labute approximate surface area is 174 Å². The smallest absolute Gasteiger partial charge is 0.166 e. The average Bonchev–Trinajstić information content (AvgIpc) is 2.76. The maximum atomic E-state index is 10.5. The van der Waals surface area contributed by atoms with Crippen molar-refractivity contribution in [2.75, 3.05) is 13.2 Å². The molecule has 6 nitrogen and oxygen atoms in total. The van der Waals surface area contributed by atoms with Gasteiger partial charge in [0.15, 0.2) is 23.0 Å². The summed E-state index contributed by atoms with van der Waals surface area (Å²) >= 11 is 0.